The minimum absolute atomic E-state index is 0.0324. The summed E-state index contributed by atoms with van der Waals surface area (Å²) in [6.45, 7) is 1.05. The van der Waals surface area contributed by atoms with Crippen LogP contribution in [0.25, 0.3) is 0 Å². The van der Waals surface area contributed by atoms with E-state index in [-0.39, 0.29) is 30.6 Å². The predicted molar refractivity (Wildman–Crippen MR) is 77.7 cm³/mol. The quantitative estimate of drug-likeness (QED) is 0.789. The van der Waals surface area contributed by atoms with E-state index < -0.39 is 6.03 Å². The normalized spacial score (nSPS) is 17.5. The van der Waals surface area contributed by atoms with Gasteiger partial charge < -0.3 is 16.0 Å². The van der Waals surface area contributed by atoms with Crippen LogP contribution >= 0.6 is 0 Å². The topological polar surface area (TPSA) is 92.5 Å². The van der Waals surface area contributed by atoms with Gasteiger partial charge in [0.25, 0.3) is 0 Å². The molecule has 0 aromatic heterocycles. The highest BCUT2D eigenvalue weighted by Crippen LogP contribution is 2.12. The molecule has 1 aliphatic heterocycles. The van der Waals surface area contributed by atoms with E-state index in [1.165, 1.54) is 0 Å². The number of urea groups is 1. The summed E-state index contributed by atoms with van der Waals surface area (Å²) in [6, 6.07) is 8.28. The van der Waals surface area contributed by atoms with E-state index in [0.717, 1.165) is 0 Å². The Morgan fingerprint density at radius 3 is 2.57 bits per heavy atom. The fourth-order valence-electron chi connectivity index (χ4n) is 2.45. The number of amides is 3. The molecule has 1 aromatic rings. The Balaban J connectivity index is 1.78. The van der Waals surface area contributed by atoms with E-state index >= 15 is 0 Å². The van der Waals surface area contributed by atoms with E-state index in [9.17, 15) is 14.4 Å². The van der Waals surface area contributed by atoms with Crippen LogP contribution in [-0.2, 0) is 4.79 Å². The smallest absolute Gasteiger partial charge is 0.312 e. The number of primary amides is 1. The van der Waals surface area contributed by atoms with E-state index in [1.807, 2.05) is 6.07 Å². The average Bonchev–Trinajstić information content (AvgIpc) is 2.93. The number of nitrogens with two attached hydrogens (primary N) is 1. The number of rotatable bonds is 5. The lowest BCUT2D eigenvalue weighted by atomic mass is 10.1. The van der Waals surface area contributed by atoms with Crippen molar-refractivity contribution in [3.8, 4) is 0 Å². The van der Waals surface area contributed by atoms with Crippen LogP contribution in [0.3, 0.4) is 0 Å². The zero-order chi connectivity index (χ0) is 15.2. The van der Waals surface area contributed by atoms with Crippen molar-refractivity contribution in [2.24, 2.45) is 5.73 Å². The molecule has 1 heterocycles. The summed E-state index contributed by atoms with van der Waals surface area (Å²) in [4.78, 5) is 36.4. The third-order valence-electron chi connectivity index (χ3n) is 3.55. The predicted octanol–water partition coefficient (Wildman–Crippen LogP) is 0.919. The van der Waals surface area contributed by atoms with Crippen LogP contribution in [0.4, 0.5) is 4.79 Å². The Kier molecular flexibility index (Phi) is 4.92. The highest BCUT2D eigenvalue weighted by molar-refractivity contribution is 5.97. The molecule has 1 aliphatic rings. The van der Waals surface area contributed by atoms with Gasteiger partial charge >= 0.3 is 6.03 Å². The number of carbonyl (C=O) groups excluding carboxylic acids is 3. The maximum absolute atomic E-state index is 12.0. The largest absolute Gasteiger partial charge is 0.352 e. The zero-order valence-corrected chi connectivity index (χ0v) is 11.7. The molecule has 3 amide bonds. The summed E-state index contributed by atoms with van der Waals surface area (Å²) in [5.74, 6) is -0.0944. The lowest BCUT2D eigenvalue weighted by Crippen LogP contribution is -2.41. The van der Waals surface area contributed by atoms with Crippen molar-refractivity contribution in [2.75, 3.05) is 13.1 Å². The van der Waals surface area contributed by atoms with E-state index in [4.69, 9.17) is 5.73 Å². The van der Waals surface area contributed by atoms with Gasteiger partial charge in [0.15, 0.2) is 5.78 Å². The third-order valence-corrected chi connectivity index (χ3v) is 3.55. The highest BCUT2D eigenvalue weighted by Gasteiger charge is 2.26. The van der Waals surface area contributed by atoms with Gasteiger partial charge in [-0.15, -0.1) is 0 Å². The Morgan fingerprint density at radius 2 is 1.90 bits per heavy atom. The molecule has 0 saturated carbocycles. The minimum Gasteiger partial charge on any atom is -0.352 e. The van der Waals surface area contributed by atoms with Gasteiger partial charge in [0, 0.05) is 37.5 Å². The second kappa shape index (κ2) is 6.88. The zero-order valence-electron chi connectivity index (χ0n) is 11.7. The van der Waals surface area contributed by atoms with Crippen molar-refractivity contribution in [3.63, 3.8) is 0 Å². The number of carbonyl (C=O) groups is 3. The van der Waals surface area contributed by atoms with Gasteiger partial charge in [0.2, 0.25) is 5.91 Å². The van der Waals surface area contributed by atoms with Crippen molar-refractivity contribution in [1.29, 1.82) is 0 Å². The van der Waals surface area contributed by atoms with Crippen LogP contribution < -0.4 is 11.1 Å². The summed E-state index contributed by atoms with van der Waals surface area (Å²) in [7, 11) is 0. The lowest BCUT2D eigenvalue weighted by molar-refractivity contribution is -0.130. The number of likely N-dealkylation sites (tertiary alicyclic amines) is 1. The molecule has 0 radical (unpaired) electrons. The first-order chi connectivity index (χ1) is 10.1. The van der Waals surface area contributed by atoms with Gasteiger partial charge in [0.1, 0.15) is 0 Å². The molecule has 6 heteroatoms. The number of Topliss-reactive ketones (excluding diaryl/α,β-unsaturated/α-hetero) is 1. The van der Waals surface area contributed by atoms with Gasteiger partial charge in [-0.2, -0.15) is 0 Å². The van der Waals surface area contributed by atoms with Crippen molar-refractivity contribution in [1.82, 2.24) is 10.2 Å². The average molecular weight is 289 g/mol. The van der Waals surface area contributed by atoms with Gasteiger partial charge in [0.05, 0.1) is 0 Å². The third kappa shape index (κ3) is 4.30. The maximum Gasteiger partial charge on any atom is 0.312 e. The van der Waals surface area contributed by atoms with Crippen molar-refractivity contribution in [2.45, 2.75) is 25.3 Å². The first kappa shape index (κ1) is 15.0. The number of nitrogens with zero attached hydrogens (tertiary/aromatic N) is 1. The molecule has 2 rings (SSSR count). The fourth-order valence-corrected chi connectivity index (χ4v) is 2.45. The molecule has 3 N–H and O–H groups in total. The maximum atomic E-state index is 12.0. The molecule has 1 fully saturated rings. The molecule has 21 heavy (non-hydrogen) atoms. The second-order valence-corrected chi connectivity index (χ2v) is 5.12. The standard InChI is InChI=1S/C15H19N3O3/c16-15(21)17-12-8-9-18(10-12)14(20)7-6-13(19)11-4-2-1-3-5-11/h1-5,12H,6-10H2,(H3,16,17,21)/t12-/m1/s1. The lowest BCUT2D eigenvalue weighted by Gasteiger charge is -2.16. The Bertz CT molecular complexity index is 530. The van der Waals surface area contributed by atoms with E-state index in [0.29, 0.717) is 25.1 Å². The number of benzene rings is 1. The van der Waals surface area contributed by atoms with Crippen LogP contribution in [0, 0.1) is 0 Å². The van der Waals surface area contributed by atoms with Gasteiger partial charge in [-0.25, -0.2) is 4.79 Å². The summed E-state index contributed by atoms with van der Waals surface area (Å²) >= 11 is 0. The second-order valence-electron chi connectivity index (χ2n) is 5.12. The summed E-state index contributed by atoms with van der Waals surface area (Å²) in [6.07, 6.45) is 1.09. The number of nitrogens with one attached hydrogen (secondary N) is 1. The van der Waals surface area contributed by atoms with E-state index in [1.54, 1.807) is 29.2 Å². The molecule has 6 nitrogen and oxygen atoms in total. The molecule has 0 bridgehead atoms. The number of ketones is 1. The minimum atomic E-state index is -0.575. The number of hydrogen-bond donors (Lipinski definition) is 2. The van der Waals surface area contributed by atoms with Crippen LogP contribution in [0.2, 0.25) is 0 Å². The van der Waals surface area contributed by atoms with Gasteiger partial charge in [-0.3, -0.25) is 9.59 Å². The fraction of sp³-hybridized carbons (Fsp3) is 0.400. The molecular formula is C15H19N3O3. The molecule has 1 atom stereocenters. The van der Waals surface area contributed by atoms with Crippen LogP contribution in [0.15, 0.2) is 30.3 Å². The molecule has 0 unspecified atom stereocenters. The SMILES string of the molecule is NC(=O)N[C@@H]1CCN(C(=O)CCC(=O)c2ccccc2)C1. The Morgan fingerprint density at radius 1 is 1.19 bits per heavy atom. The molecule has 0 spiro atoms. The van der Waals surface area contributed by atoms with Crippen LogP contribution in [-0.4, -0.2) is 41.8 Å². The molecule has 1 aromatic carbocycles. The van der Waals surface area contributed by atoms with Crippen molar-refractivity contribution >= 4 is 17.7 Å². The molecule has 1 saturated heterocycles. The first-order valence-corrected chi connectivity index (χ1v) is 6.98. The van der Waals surface area contributed by atoms with E-state index in [2.05, 4.69) is 5.32 Å². The van der Waals surface area contributed by atoms with Crippen molar-refractivity contribution in [3.05, 3.63) is 35.9 Å². The van der Waals surface area contributed by atoms with Gasteiger partial charge in [-0.1, -0.05) is 30.3 Å². The van der Waals surface area contributed by atoms with Crippen LogP contribution in [0.5, 0.6) is 0 Å². The molecular weight excluding hydrogens is 270 g/mol. The molecule has 0 aliphatic carbocycles. The number of hydrogen-bond acceptors (Lipinski definition) is 3. The molecule has 112 valence electrons. The monoisotopic (exact) mass is 289 g/mol. The highest BCUT2D eigenvalue weighted by atomic mass is 16.2. The Hall–Kier alpha value is -2.37. The summed E-state index contributed by atoms with van der Waals surface area (Å²) in [5, 5.41) is 2.60. The summed E-state index contributed by atoms with van der Waals surface area (Å²) < 4.78 is 0. The van der Waals surface area contributed by atoms with Crippen molar-refractivity contribution < 1.29 is 14.4 Å². The Labute approximate surface area is 123 Å². The van der Waals surface area contributed by atoms with Gasteiger partial charge in [-0.05, 0) is 6.42 Å². The van der Waals surface area contributed by atoms with Crippen LogP contribution in [0.1, 0.15) is 29.6 Å². The first-order valence-electron chi connectivity index (χ1n) is 6.98. The summed E-state index contributed by atoms with van der Waals surface area (Å²) in [5.41, 5.74) is 5.68.